The van der Waals surface area contributed by atoms with Gasteiger partial charge in [-0.3, -0.25) is 10.1 Å². The van der Waals surface area contributed by atoms with Crippen molar-refractivity contribution in [1.82, 2.24) is 10.8 Å². The van der Waals surface area contributed by atoms with Crippen LogP contribution in [0.2, 0.25) is 0 Å². The monoisotopic (exact) mass is 188 g/mol. The standard InChI is InChI=1S/C7H12N2O4/c10-5-9-13-7(11)2-1-6-8-3-4-12-6/h5-6,8H,1-4H2,(H,9,10). The van der Waals surface area contributed by atoms with Gasteiger partial charge in [-0.25, -0.2) is 4.79 Å². The molecule has 6 heteroatoms. The van der Waals surface area contributed by atoms with E-state index in [-0.39, 0.29) is 12.6 Å². The molecule has 0 aromatic carbocycles. The van der Waals surface area contributed by atoms with Gasteiger partial charge in [0.1, 0.15) is 6.23 Å². The quantitative estimate of drug-likeness (QED) is 0.424. The van der Waals surface area contributed by atoms with Crippen LogP contribution in [-0.4, -0.2) is 31.8 Å². The largest absolute Gasteiger partial charge is 0.362 e. The van der Waals surface area contributed by atoms with E-state index in [0.717, 1.165) is 6.54 Å². The lowest BCUT2D eigenvalue weighted by atomic mass is 10.3. The molecule has 0 saturated carbocycles. The fourth-order valence-electron chi connectivity index (χ4n) is 1.06. The third kappa shape index (κ3) is 3.86. The molecule has 74 valence electrons. The van der Waals surface area contributed by atoms with Crippen molar-refractivity contribution in [2.45, 2.75) is 19.1 Å². The van der Waals surface area contributed by atoms with Gasteiger partial charge in [-0.2, -0.15) is 5.48 Å². The van der Waals surface area contributed by atoms with Gasteiger partial charge in [-0.05, 0) is 6.42 Å². The predicted octanol–water partition coefficient (Wildman–Crippen LogP) is -1.08. The molecule has 0 aliphatic carbocycles. The van der Waals surface area contributed by atoms with Crippen LogP contribution in [0.3, 0.4) is 0 Å². The normalized spacial score (nSPS) is 21.1. The molecule has 1 saturated heterocycles. The Morgan fingerprint density at radius 2 is 2.62 bits per heavy atom. The number of ether oxygens (including phenoxy) is 1. The summed E-state index contributed by atoms with van der Waals surface area (Å²) in [5.41, 5.74) is 1.83. The zero-order valence-corrected chi connectivity index (χ0v) is 7.12. The van der Waals surface area contributed by atoms with Crippen LogP contribution in [0.4, 0.5) is 0 Å². The van der Waals surface area contributed by atoms with Crippen LogP contribution in [0, 0.1) is 0 Å². The van der Waals surface area contributed by atoms with E-state index >= 15 is 0 Å². The summed E-state index contributed by atoms with van der Waals surface area (Å²) in [6, 6.07) is 0. The maximum absolute atomic E-state index is 10.8. The van der Waals surface area contributed by atoms with Crippen LogP contribution in [-0.2, 0) is 19.2 Å². The van der Waals surface area contributed by atoms with Crippen molar-refractivity contribution < 1.29 is 19.2 Å². The van der Waals surface area contributed by atoms with E-state index in [9.17, 15) is 9.59 Å². The second-order valence-electron chi connectivity index (χ2n) is 2.56. The molecule has 1 heterocycles. The highest BCUT2D eigenvalue weighted by atomic mass is 16.7. The number of nitrogens with one attached hydrogen (secondary N) is 2. The van der Waals surface area contributed by atoms with Crippen LogP contribution >= 0.6 is 0 Å². The third-order valence-corrected chi connectivity index (χ3v) is 1.62. The van der Waals surface area contributed by atoms with Crippen molar-refractivity contribution in [1.29, 1.82) is 0 Å². The molecule has 1 atom stereocenters. The molecule has 1 rings (SSSR count). The molecule has 0 aromatic rings. The maximum atomic E-state index is 10.8. The lowest BCUT2D eigenvalue weighted by molar-refractivity contribution is -0.155. The summed E-state index contributed by atoms with van der Waals surface area (Å²) < 4.78 is 5.20. The molecule has 0 radical (unpaired) electrons. The summed E-state index contributed by atoms with van der Waals surface area (Å²) >= 11 is 0. The molecule has 1 aliphatic heterocycles. The zero-order valence-electron chi connectivity index (χ0n) is 7.12. The number of hydrogen-bond donors (Lipinski definition) is 2. The van der Waals surface area contributed by atoms with Gasteiger partial charge in [0.05, 0.1) is 13.0 Å². The van der Waals surface area contributed by atoms with Crippen molar-refractivity contribution in [2.75, 3.05) is 13.2 Å². The Balaban J connectivity index is 2.03. The molecule has 2 N–H and O–H groups in total. The van der Waals surface area contributed by atoms with Gasteiger partial charge in [0.2, 0.25) is 6.41 Å². The predicted molar refractivity (Wildman–Crippen MR) is 42.3 cm³/mol. The van der Waals surface area contributed by atoms with Gasteiger partial charge in [0.25, 0.3) is 0 Å². The topological polar surface area (TPSA) is 76.7 Å². The molecule has 0 spiro atoms. The van der Waals surface area contributed by atoms with E-state index in [1.54, 1.807) is 0 Å². The van der Waals surface area contributed by atoms with Crippen molar-refractivity contribution >= 4 is 12.4 Å². The maximum Gasteiger partial charge on any atom is 0.332 e. The summed E-state index contributed by atoms with van der Waals surface area (Å²) in [4.78, 5) is 24.9. The first-order valence-electron chi connectivity index (χ1n) is 4.07. The van der Waals surface area contributed by atoms with Crippen molar-refractivity contribution in [3.05, 3.63) is 0 Å². The van der Waals surface area contributed by atoms with Crippen LogP contribution in [0.5, 0.6) is 0 Å². The van der Waals surface area contributed by atoms with Gasteiger partial charge >= 0.3 is 5.97 Å². The van der Waals surface area contributed by atoms with Crippen molar-refractivity contribution in [3.8, 4) is 0 Å². The molecular formula is C7H12N2O4. The summed E-state index contributed by atoms with van der Waals surface area (Å²) in [7, 11) is 0. The summed E-state index contributed by atoms with van der Waals surface area (Å²) in [6.07, 6.45) is 1.02. The number of amides is 1. The molecule has 1 aliphatic rings. The second kappa shape index (κ2) is 5.50. The molecule has 0 bridgehead atoms. The third-order valence-electron chi connectivity index (χ3n) is 1.62. The van der Waals surface area contributed by atoms with Crippen LogP contribution in [0.25, 0.3) is 0 Å². The van der Waals surface area contributed by atoms with Crippen LogP contribution in [0.1, 0.15) is 12.8 Å². The number of carbonyl (C=O) groups excluding carboxylic acids is 2. The molecule has 1 unspecified atom stereocenters. The van der Waals surface area contributed by atoms with Crippen molar-refractivity contribution in [2.24, 2.45) is 0 Å². The fourth-order valence-corrected chi connectivity index (χ4v) is 1.06. The van der Waals surface area contributed by atoms with E-state index in [4.69, 9.17) is 4.74 Å². The van der Waals surface area contributed by atoms with Gasteiger partial charge in [0.15, 0.2) is 0 Å². The van der Waals surface area contributed by atoms with Crippen molar-refractivity contribution in [3.63, 3.8) is 0 Å². The zero-order chi connectivity index (χ0) is 9.52. The Kier molecular flexibility index (Phi) is 4.20. The van der Waals surface area contributed by atoms with E-state index in [1.807, 2.05) is 5.48 Å². The molecule has 1 fully saturated rings. The van der Waals surface area contributed by atoms with Gasteiger partial charge in [0, 0.05) is 6.54 Å². The minimum atomic E-state index is -0.468. The van der Waals surface area contributed by atoms with E-state index < -0.39 is 5.97 Å². The smallest absolute Gasteiger partial charge is 0.332 e. The summed E-state index contributed by atoms with van der Waals surface area (Å²) in [5, 5.41) is 3.05. The highest BCUT2D eigenvalue weighted by molar-refractivity contribution is 5.70. The lowest BCUT2D eigenvalue weighted by Gasteiger charge is -2.07. The number of rotatable bonds is 5. The minimum Gasteiger partial charge on any atom is -0.362 e. The van der Waals surface area contributed by atoms with Gasteiger partial charge < -0.3 is 9.57 Å². The average molecular weight is 188 g/mol. The van der Waals surface area contributed by atoms with Crippen LogP contribution < -0.4 is 10.8 Å². The Morgan fingerprint density at radius 3 is 3.23 bits per heavy atom. The second-order valence-corrected chi connectivity index (χ2v) is 2.56. The van der Waals surface area contributed by atoms with Gasteiger partial charge in [-0.1, -0.05) is 0 Å². The fraction of sp³-hybridized carbons (Fsp3) is 0.714. The average Bonchev–Trinajstić information content (AvgIpc) is 2.64. The summed E-state index contributed by atoms with van der Waals surface area (Å²) in [5.74, 6) is -0.468. The number of carbonyl (C=O) groups is 2. The van der Waals surface area contributed by atoms with E-state index in [1.165, 1.54) is 0 Å². The highest BCUT2D eigenvalue weighted by Crippen LogP contribution is 2.03. The SMILES string of the molecule is O=CNOC(=O)CCC1NCCO1. The number of hydroxylamine groups is 1. The minimum absolute atomic E-state index is 0.0659. The Labute approximate surface area is 75.5 Å². The highest BCUT2D eigenvalue weighted by Gasteiger charge is 2.16. The molecule has 13 heavy (non-hydrogen) atoms. The first-order valence-corrected chi connectivity index (χ1v) is 4.07. The Morgan fingerprint density at radius 1 is 1.77 bits per heavy atom. The number of hydrogen-bond acceptors (Lipinski definition) is 5. The Bertz CT molecular complexity index is 179. The molecule has 6 nitrogen and oxygen atoms in total. The molecule has 1 amide bonds. The first-order chi connectivity index (χ1) is 6.33. The van der Waals surface area contributed by atoms with Crippen LogP contribution in [0.15, 0.2) is 0 Å². The molecule has 0 aromatic heterocycles. The Hall–Kier alpha value is -1.14. The summed E-state index contributed by atoms with van der Waals surface area (Å²) in [6.45, 7) is 1.48. The van der Waals surface area contributed by atoms with E-state index in [0.29, 0.717) is 19.4 Å². The van der Waals surface area contributed by atoms with Gasteiger partial charge in [-0.15, -0.1) is 0 Å². The molecular weight excluding hydrogens is 176 g/mol. The first kappa shape index (κ1) is 9.94. The van der Waals surface area contributed by atoms with E-state index in [2.05, 4.69) is 10.2 Å². The lowest BCUT2D eigenvalue weighted by Crippen LogP contribution is -2.25.